The maximum Gasteiger partial charge on any atom is 0.0314 e. The Bertz CT molecular complexity index is 363. The molecule has 1 saturated carbocycles. The van der Waals surface area contributed by atoms with Gasteiger partial charge in [0.25, 0.3) is 0 Å². The van der Waals surface area contributed by atoms with Crippen LogP contribution >= 0.6 is 0 Å². The maximum atomic E-state index is 5.69. The molecule has 2 bridgehead atoms. The number of allylic oxidation sites excluding steroid dienone is 2. The summed E-state index contributed by atoms with van der Waals surface area (Å²) in [6, 6.07) is 8.42. The van der Waals surface area contributed by atoms with Crippen LogP contribution in [0, 0.1) is 11.8 Å². The van der Waals surface area contributed by atoms with Crippen molar-refractivity contribution in [3.05, 3.63) is 42.0 Å². The SMILES string of the molecule is Nc1ccc(C2CC3C=CC2C3)cc1. The van der Waals surface area contributed by atoms with Crippen LogP contribution in [-0.2, 0) is 0 Å². The summed E-state index contributed by atoms with van der Waals surface area (Å²) in [7, 11) is 0. The zero-order valence-corrected chi connectivity index (χ0v) is 8.19. The summed E-state index contributed by atoms with van der Waals surface area (Å²) in [5.74, 6) is 2.40. The molecule has 1 heteroatoms. The maximum absolute atomic E-state index is 5.69. The number of fused-ring (bicyclic) bond motifs is 2. The number of nitrogens with two attached hydrogens (primary N) is 1. The standard InChI is InChI=1S/C13H15N/c14-12-5-3-10(4-6-12)13-8-9-1-2-11(13)7-9/h1-6,9,11,13H,7-8,14H2. The predicted octanol–water partition coefficient (Wildman–Crippen LogP) is 2.95. The third kappa shape index (κ3) is 1.16. The number of anilines is 1. The molecule has 72 valence electrons. The fraction of sp³-hybridized carbons (Fsp3) is 0.385. The molecule has 0 radical (unpaired) electrons. The number of rotatable bonds is 1. The van der Waals surface area contributed by atoms with E-state index in [1.807, 2.05) is 12.1 Å². The molecule has 0 amide bonds. The van der Waals surface area contributed by atoms with Gasteiger partial charge < -0.3 is 5.73 Å². The van der Waals surface area contributed by atoms with Gasteiger partial charge in [-0.25, -0.2) is 0 Å². The molecule has 2 N–H and O–H groups in total. The van der Waals surface area contributed by atoms with Crippen molar-refractivity contribution >= 4 is 5.69 Å². The van der Waals surface area contributed by atoms with Gasteiger partial charge in [0, 0.05) is 5.69 Å². The van der Waals surface area contributed by atoms with Crippen LogP contribution in [0.3, 0.4) is 0 Å². The van der Waals surface area contributed by atoms with Crippen molar-refractivity contribution in [2.45, 2.75) is 18.8 Å². The molecule has 1 aromatic carbocycles. The Morgan fingerprint density at radius 1 is 1.00 bits per heavy atom. The fourth-order valence-electron chi connectivity index (χ4n) is 2.91. The molecular weight excluding hydrogens is 170 g/mol. The Morgan fingerprint density at radius 2 is 1.79 bits per heavy atom. The lowest BCUT2D eigenvalue weighted by atomic mass is 9.87. The smallest absolute Gasteiger partial charge is 0.0314 e. The Kier molecular flexibility index (Phi) is 1.66. The quantitative estimate of drug-likeness (QED) is 0.528. The van der Waals surface area contributed by atoms with Crippen LogP contribution in [0.15, 0.2) is 36.4 Å². The second-order valence-corrected chi connectivity index (χ2v) is 4.55. The summed E-state index contributed by atoms with van der Waals surface area (Å²) in [5.41, 5.74) is 8.02. The summed E-state index contributed by atoms with van der Waals surface area (Å²) in [5, 5.41) is 0. The van der Waals surface area contributed by atoms with Gasteiger partial charge >= 0.3 is 0 Å². The molecule has 1 nitrogen and oxygen atoms in total. The first-order valence-electron chi connectivity index (χ1n) is 5.37. The van der Waals surface area contributed by atoms with Gasteiger partial charge in [-0.15, -0.1) is 0 Å². The molecule has 1 aromatic rings. The second kappa shape index (κ2) is 2.88. The van der Waals surface area contributed by atoms with E-state index in [-0.39, 0.29) is 0 Å². The monoisotopic (exact) mass is 185 g/mol. The predicted molar refractivity (Wildman–Crippen MR) is 58.9 cm³/mol. The van der Waals surface area contributed by atoms with Gasteiger partial charge in [0.1, 0.15) is 0 Å². The van der Waals surface area contributed by atoms with Crippen LogP contribution in [0.2, 0.25) is 0 Å². The third-order valence-corrected chi connectivity index (χ3v) is 3.64. The average Bonchev–Trinajstić information content (AvgIpc) is 2.80. The molecule has 3 unspecified atom stereocenters. The summed E-state index contributed by atoms with van der Waals surface area (Å²) < 4.78 is 0. The largest absolute Gasteiger partial charge is 0.399 e. The van der Waals surface area contributed by atoms with Gasteiger partial charge in [-0.1, -0.05) is 24.3 Å². The second-order valence-electron chi connectivity index (χ2n) is 4.55. The van der Waals surface area contributed by atoms with Crippen molar-refractivity contribution in [1.29, 1.82) is 0 Å². The lowest BCUT2D eigenvalue weighted by Gasteiger charge is -2.18. The van der Waals surface area contributed by atoms with E-state index in [0.29, 0.717) is 0 Å². The highest BCUT2D eigenvalue weighted by Gasteiger charge is 2.36. The van der Waals surface area contributed by atoms with E-state index in [1.165, 1.54) is 18.4 Å². The molecule has 0 aromatic heterocycles. The van der Waals surface area contributed by atoms with Crippen LogP contribution in [0.1, 0.15) is 24.3 Å². The number of hydrogen-bond acceptors (Lipinski definition) is 1. The zero-order valence-electron chi connectivity index (χ0n) is 8.19. The van der Waals surface area contributed by atoms with Crippen molar-refractivity contribution in [2.75, 3.05) is 5.73 Å². The minimum atomic E-state index is 0.755. The molecule has 2 aliphatic rings. The van der Waals surface area contributed by atoms with Gasteiger partial charge in [0.15, 0.2) is 0 Å². The molecule has 0 spiro atoms. The van der Waals surface area contributed by atoms with E-state index in [0.717, 1.165) is 23.4 Å². The van der Waals surface area contributed by atoms with Crippen molar-refractivity contribution in [2.24, 2.45) is 11.8 Å². The molecule has 3 rings (SSSR count). The van der Waals surface area contributed by atoms with Crippen LogP contribution in [-0.4, -0.2) is 0 Å². The van der Waals surface area contributed by atoms with E-state index in [1.54, 1.807) is 0 Å². The van der Waals surface area contributed by atoms with Gasteiger partial charge in [-0.3, -0.25) is 0 Å². The topological polar surface area (TPSA) is 26.0 Å². The first-order chi connectivity index (χ1) is 6.83. The Labute approximate surface area is 84.6 Å². The molecule has 1 fully saturated rings. The molecule has 0 heterocycles. The average molecular weight is 185 g/mol. The number of benzene rings is 1. The van der Waals surface area contributed by atoms with Gasteiger partial charge in [-0.2, -0.15) is 0 Å². The van der Waals surface area contributed by atoms with Crippen LogP contribution < -0.4 is 5.73 Å². The highest BCUT2D eigenvalue weighted by Crippen LogP contribution is 2.48. The van der Waals surface area contributed by atoms with Crippen molar-refractivity contribution in [1.82, 2.24) is 0 Å². The van der Waals surface area contributed by atoms with Crippen LogP contribution in [0.5, 0.6) is 0 Å². The summed E-state index contributed by atoms with van der Waals surface area (Å²) >= 11 is 0. The van der Waals surface area contributed by atoms with E-state index < -0.39 is 0 Å². The molecule has 0 aliphatic heterocycles. The molecule has 0 saturated heterocycles. The summed E-state index contributed by atoms with van der Waals surface area (Å²) in [6.07, 6.45) is 7.49. The number of hydrogen-bond donors (Lipinski definition) is 1. The van der Waals surface area contributed by atoms with Crippen molar-refractivity contribution in [3.8, 4) is 0 Å². The minimum Gasteiger partial charge on any atom is -0.399 e. The lowest BCUT2D eigenvalue weighted by molar-refractivity contribution is 0.586. The Morgan fingerprint density at radius 3 is 2.36 bits per heavy atom. The normalized spacial score (nSPS) is 33.9. The van der Waals surface area contributed by atoms with Gasteiger partial charge in [0.2, 0.25) is 0 Å². The molecule has 3 atom stereocenters. The molecule has 2 aliphatic carbocycles. The first-order valence-corrected chi connectivity index (χ1v) is 5.37. The minimum absolute atomic E-state index is 0.755. The summed E-state index contributed by atoms with van der Waals surface area (Å²) in [6.45, 7) is 0. The fourth-order valence-corrected chi connectivity index (χ4v) is 2.91. The van der Waals surface area contributed by atoms with Crippen molar-refractivity contribution < 1.29 is 0 Å². The van der Waals surface area contributed by atoms with Crippen LogP contribution in [0.4, 0.5) is 5.69 Å². The zero-order chi connectivity index (χ0) is 9.54. The van der Waals surface area contributed by atoms with E-state index in [2.05, 4.69) is 24.3 Å². The van der Waals surface area contributed by atoms with Crippen molar-refractivity contribution in [3.63, 3.8) is 0 Å². The third-order valence-electron chi connectivity index (χ3n) is 3.64. The van der Waals surface area contributed by atoms with E-state index in [4.69, 9.17) is 5.73 Å². The molecule has 14 heavy (non-hydrogen) atoms. The highest BCUT2D eigenvalue weighted by atomic mass is 14.5. The van der Waals surface area contributed by atoms with Gasteiger partial charge in [0.05, 0.1) is 0 Å². The van der Waals surface area contributed by atoms with E-state index in [9.17, 15) is 0 Å². The Balaban J connectivity index is 1.90. The van der Waals surface area contributed by atoms with E-state index >= 15 is 0 Å². The first kappa shape index (κ1) is 8.10. The molecular formula is C13H15N. The Hall–Kier alpha value is -1.24. The number of nitrogen functional groups attached to an aromatic ring is 1. The summed E-state index contributed by atoms with van der Waals surface area (Å²) in [4.78, 5) is 0. The van der Waals surface area contributed by atoms with Gasteiger partial charge in [-0.05, 0) is 48.3 Å². The van der Waals surface area contributed by atoms with Crippen LogP contribution in [0.25, 0.3) is 0 Å². The highest BCUT2D eigenvalue weighted by molar-refractivity contribution is 5.41. The lowest BCUT2D eigenvalue weighted by Crippen LogP contribution is -2.04.